The van der Waals surface area contributed by atoms with Crippen LogP contribution >= 0.6 is 11.3 Å². The maximum Gasteiger partial charge on any atom is 0.251 e. The number of benzene rings is 1. The number of ether oxygens (including phenoxy) is 1. The first-order valence-electron chi connectivity index (χ1n) is 8.15. The smallest absolute Gasteiger partial charge is 0.251 e. The number of carbonyl (C=O) groups excluding carboxylic acids is 1. The van der Waals surface area contributed by atoms with E-state index in [1.54, 1.807) is 11.3 Å². The predicted molar refractivity (Wildman–Crippen MR) is 94.4 cm³/mol. The maximum atomic E-state index is 12.2. The number of thiazole rings is 1. The fraction of sp³-hybridized carbons (Fsp3) is 0.529. The van der Waals surface area contributed by atoms with E-state index in [1.165, 1.54) is 0 Å². The zero-order chi connectivity index (χ0) is 16.2. The van der Waals surface area contributed by atoms with Gasteiger partial charge in [0.1, 0.15) is 0 Å². The topological polar surface area (TPSA) is 54.5 Å². The third-order valence-electron chi connectivity index (χ3n) is 3.93. The Labute approximate surface area is 140 Å². The van der Waals surface area contributed by atoms with Crippen LogP contribution in [0, 0.1) is 5.92 Å². The monoisotopic (exact) mass is 333 g/mol. The SMILES string of the molecule is CC(C)CCNC(=O)c1ccc2nc(N3CCOCC3)sc2c1. The van der Waals surface area contributed by atoms with Crippen molar-refractivity contribution in [2.45, 2.75) is 20.3 Å². The average Bonchev–Trinajstić information content (AvgIpc) is 2.98. The Hall–Kier alpha value is -1.66. The zero-order valence-electron chi connectivity index (χ0n) is 13.7. The van der Waals surface area contributed by atoms with Crippen LogP contribution in [0.3, 0.4) is 0 Å². The van der Waals surface area contributed by atoms with E-state index in [-0.39, 0.29) is 5.91 Å². The van der Waals surface area contributed by atoms with Gasteiger partial charge in [-0.05, 0) is 30.5 Å². The molecular formula is C17H23N3O2S. The molecule has 2 aromatic rings. The Morgan fingerprint density at radius 2 is 2.17 bits per heavy atom. The van der Waals surface area contributed by atoms with Crippen LogP contribution in [-0.2, 0) is 4.74 Å². The van der Waals surface area contributed by atoms with Gasteiger partial charge in [-0.15, -0.1) is 0 Å². The van der Waals surface area contributed by atoms with Crippen LogP contribution in [0.25, 0.3) is 10.2 Å². The molecular weight excluding hydrogens is 310 g/mol. The van der Waals surface area contributed by atoms with E-state index >= 15 is 0 Å². The summed E-state index contributed by atoms with van der Waals surface area (Å²) in [6, 6.07) is 5.74. The van der Waals surface area contributed by atoms with Gasteiger partial charge in [-0.3, -0.25) is 4.79 Å². The normalized spacial score (nSPS) is 15.3. The fourth-order valence-corrected chi connectivity index (χ4v) is 3.58. The number of nitrogens with one attached hydrogen (secondary N) is 1. The second-order valence-electron chi connectivity index (χ2n) is 6.22. The molecule has 0 aliphatic carbocycles. The number of nitrogens with zero attached hydrogens (tertiary/aromatic N) is 2. The Morgan fingerprint density at radius 1 is 1.39 bits per heavy atom. The molecule has 1 aliphatic rings. The average molecular weight is 333 g/mol. The lowest BCUT2D eigenvalue weighted by atomic mass is 10.1. The molecule has 1 amide bonds. The summed E-state index contributed by atoms with van der Waals surface area (Å²) in [7, 11) is 0. The molecule has 23 heavy (non-hydrogen) atoms. The molecule has 3 rings (SSSR count). The first-order valence-corrected chi connectivity index (χ1v) is 8.96. The Balaban J connectivity index is 1.72. The molecule has 0 unspecified atom stereocenters. The van der Waals surface area contributed by atoms with Crippen molar-refractivity contribution >= 4 is 32.6 Å². The van der Waals surface area contributed by atoms with Crippen LogP contribution in [0.4, 0.5) is 5.13 Å². The van der Waals surface area contributed by atoms with Crippen LogP contribution in [0.5, 0.6) is 0 Å². The van der Waals surface area contributed by atoms with Crippen LogP contribution in [0.1, 0.15) is 30.6 Å². The molecule has 124 valence electrons. The minimum absolute atomic E-state index is 0.00567. The molecule has 2 heterocycles. The number of fused-ring (bicyclic) bond motifs is 1. The van der Waals surface area contributed by atoms with Gasteiger partial charge in [0.05, 0.1) is 23.4 Å². The standard InChI is InChI=1S/C17H23N3O2S/c1-12(2)5-6-18-16(21)13-3-4-14-15(11-13)23-17(19-14)20-7-9-22-10-8-20/h3-4,11-12H,5-10H2,1-2H3,(H,18,21). The maximum absolute atomic E-state index is 12.2. The highest BCUT2D eigenvalue weighted by atomic mass is 32.1. The van der Waals surface area contributed by atoms with E-state index in [0.29, 0.717) is 11.5 Å². The van der Waals surface area contributed by atoms with Gasteiger partial charge in [0.15, 0.2) is 5.13 Å². The molecule has 1 fully saturated rings. The van der Waals surface area contributed by atoms with E-state index in [1.807, 2.05) is 18.2 Å². The summed E-state index contributed by atoms with van der Waals surface area (Å²) in [5.74, 6) is 0.587. The molecule has 1 aromatic carbocycles. The lowest BCUT2D eigenvalue weighted by Crippen LogP contribution is -2.36. The molecule has 5 nitrogen and oxygen atoms in total. The number of aromatic nitrogens is 1. The molecule has 6 heteroatoms. The van der Waals surface area contributed by atoms with Crippen LogP contribution in [-0.4, -0.2) is 43.7 Å². The van der Waals surface area contributed by atoms with Crippen molar-refractivity contribution in [3.05, 3.63) is 23.8 Å². The Morgan fingerprint density at radius 3 is 2.91 bits per heavy atom. The summed E-state index contributed by atoms with van der Waals surface area (Å²) >= 11 is 1.64. The van der Waals surface area contributed by atoms with Crippen LogP contribution in [0.15, 0.2) is 18.2 Å². The van der Waals surface area contributed by atoms with Crippen molar-refractivity contribution in [3.63, 3.8) is 0 Å². The van der Waals surface area contributed by atoms with E-state index in [9.17, 15) is 4.79 Å². The molecule has 1 N–H and O–H groups in total. The summed E-state index contributed by atoms with van der Waals surface area (Å²) < 4.78 is 6.44. The van der Waals surface area contributed by atoms with E-state index < -0.39 is 0 Å². The molecule has 0 atom stereocenters. The third-order valence-corrected chi connectivity index (χ3v) is 5.01. The van der Waals surface area contributed by atoms with E-state index in [4.69, 9.17) is 4.74 Å². The van der Waals surface area contributed by atoms with Crippen LogP contribution < -0.4 is 10.2 Å². The van der Waals surface area contributed by atoms with Gasteiger partial charge in [0.25, 0.3) is 5.91 Å². The van der Waals surface area contributed by atoms with Crippen molar-refractivity contribution < 1.29 is 9.53 Å². The van der Waals surface area contributed by atoms with Gasteiger partial charge in [-0.2, -0.15) is 0 Å². The lowest BCUT2D eigenvalue weighted by molar-refractivity contribution is 0.0952. The van der Waals surface area contributed by atoms with Gasteiger partial charge < -0.3 is 15.0 Å². The second kappa shape index (κ2) is 7.27. The summed E-state index contributed by atoms with van der Waals surface area (Å²) in [6.45, 7) is 8.28. The lowest BCUT2D eigenvalue weighted by Gasteiger charge is -2.25. The van der Waals surface area contributed by atoms with E-state index in [0.717, 1.165) is 54.6 Å². The molecule has 0 spiro atoms. The zero-order valence-corrected chi connectivity index (χ0v) is 14.5. The number of morpholine rings is 1. The van der Waals surface area contributed by atoms with Crippen molar-refractivity contribution in [2.24, 2.45) is 5.92 Å². The molecule has 1 aliphatic heterocycles. The quantitative estimate of drug-likeness (QED) is 0.914. The van der Waals surface area contributed by atoms with Crippen molar-refractivity contribution in [1.82, 2.24) is 10.3 Å². The minimum atomic E-state index is -0.00567. The minimum Gasteiger partial charge on any atom is -0.378 e. The molecule has 0 bridgehead atoms. The number of anilines is 1. The van der Waals surface area contributed by atoms with Gasteiger partial charge in [0, 0.05) is 25.2 Å². The van der Waals surface area contributed by atoms with Crippen LogP contribution in [0.2, 0.25) is 0 Å². The first-order chi connectivity index (χ1) is 11.1. The summed E-state index contributed by atoms with van der Waals surface area (Å²) in [5.41, 5.74) is 1.66. The molecule has 1 aromatic heterocycles. The summed E-state index contributed by atoms with van der Waals surface area (Å²) in [6.07, 6.45) is 0.996. The summed E-state index contributed by atoms with van der Waals surface area (Å²) in [5, 5.41) is 4.00. The van der Waals surface area contributed by atoms with Gasteiger partial charge >= 0.3 is 0 Å². The van der Waals surface area contributed by atoms with Crippen molar-refractivity contribution in [2.75, 3.05) is 37.7 Å². The van der Waals surface area contributed by atoms with Gasteiger partial charge in [0.2, 0.25) is 0 Å². The first kappa shape index (κ1) is 16.2. The van der Waals surface area contributed by atoms with Gasteiger partial charge in [-0.1, -0.05) is 25.2 Å². The number of carbonyl (C=O) groups is 1. The number of rotatable bonds is 5. The van der Waals surface area contributed by atoms with Crippen molar-refractivity contribution in [3.8, 4) is 0 Å². The fourth-order valence-electron chi connectivity index (χ4n) is 2.52. The predicted octanol–water partition coefficient (Wildman–Crippen LogP) is 2.91. The third kappa shape index (κ3) is 4.00. The number of hydrogen-bond acceptors (Lipinski definition) is 5. The highest BCUT2D eigenvalue weighted by molar-refractivity contribution is 7.22. The molecule has 0 radical (unpaired) electrons. The number of hydrogen-bond donors (Lipinski definition) is 1. The highest BCUT2D eigenvalue weighted by Crippen LogP contribution is 2.30. The Bertz CT molecular complexity index is 678. The number of amides is 1. The van der Waals surface area contributed by atoms with Crippen molar-refractivity contribution in [1.29, 1.82) is 0 Å². The van der Waals surface area contributed by atoms with E-state index in [2.05, 4.69) is 29.0 Å². The highest BCUT2D eigenvalue weighted by Gasteiger charge is 2.16. The van der Waals surface area contributed by atoms with Gasteiger partial charge in [-0.25, -0.2) is 4.98 Å². The molecule has 0 saturated carbocycles. The second-order valence-corrected chi connectivity index (χ2v) is 7.23. The Kier molecular flexibility index (Phi) is 5.13. The summed E-state index contributed by atoms with van der Waals surface area (Å²) in [4.78, 5) is 19.2. The molecule has 1 saturated heterocycles. The largest absolute Gasteiger partial charge is 0.378 e.